The lowest BCUT2D eigenvalue weighted by Crippen LogP contribution is -2.47. The van der Waals surface area contributed by atoms with Crippen molar-refractivity contribution in [3.63, 3.8) is 0 Å². The number of carbonyl (C=O) groups is 2. The third kappa shape index (κ3) is 4.70. The van der Waals surface area contributed by atoms with Crippen LogP contribution in [0.4, 0.5) is 4.79 Å². The summed E-state index contributed by atoms with van der Waals surface area (Å²) in [7, 11) is 0. The summed E-state index contributed by atoms with van der Waals surface area (Å²) in [6.07, 6.45) is 3.74. The Labute approximate surface area is 113 Å². The summed E-state index contributed by atoms with van der Waals surface area (Å²) in [4.78, 5) is 24.8. The van der Waals surface area contributed by atoms with Crippen LogP contribution in [0, 0.1) is 0 Å². The highest BCUT2D eigenvalue weighted by Crippen LogP contribution is 2.18. The van der Waals surface area contributed by atoms with Gasteiger partial charge in [0.15, 0.2) is 0 Å². The van der Waals surface area contributed by atoms with Crippen LogP contribution in [0.3, 0.4) is 0 Å². The van der Waals surface area contributed by atoms with Crippen molar-refractivity contribution in [1.29, 1.82) is 0 Å². The van der Waals surface area contributed by atoms with Crippen molar-refractivity contribution < 1.29 is 14.3 Å². The van der Waals surface area contributed by atoms with E-state index in [2.05, 4.69) is 10.6 Å². The molecule has 0 aromatic heterocycles. The smallest absolute Gasteiger partial charge is 0.409 e. The topological polar surface area (TPSA) is 70.7 Å². The van der Waals surface area contributed by atoms with Crippen LogP contribution >= 0.6 is 0 Å². The van der Waals surface area contributed by atoms with Gasteiger partial charge in [-0.1, -0.05) is 0 Å². The Hall–Kier alpha value is -1.30. The van der Waals surface area contributed by atoms with Crippen LogP contribution < -0.4 is 10.6 Å². The molecular weight excluding hydrogens is 246 g/mol. The Kier molecular flexibility index (Phi) is 5.01. The average molecular weight is 269 g/mol. The monoisotopic (exact) mass is 269 g/mol. The van der Waals surface area contributed by atoms with Gasteiger partial charge in [0, 0.05) is 25.2 Å². The third-order valence-corrected chi connectivity index (χ3v) is 3.51. The van der Waals surface area contributed by atoms with Gasteiger partial charge in [0.2, 0.25) is 5.91 Å². The SMILES string of the molecule is CCOC(=O)N1CCC(NCC(=O)NC2CC2)CC1. The Morgan fingerprint density at radius 3 is 2.42 bits per heavy atom. The molecule has 108 valence electrons. The van der Waals surface area contributed by atoms with Gasteiger partial charge in [-0.25, -0.2) is 4.79 Å². The van der Waals surface area contributed by atoms with Gasteiger partial charge in [-0.05, 0) is 32.6 Å². The van der Waals surface area contributed by atoms with Crippen LogP contribution in [0.25, 0.3) is 0 Å². The minimum absolute atomic E-state index is 0.0790. The van der Waals surface area contributed by atoms with Crippen molar-refractivity contribution in [3.8, 4) is 0 Å². The predicted octanol–water partition coefficient (Wildman–Crippen LogP) is 0.476. The maximum absolute atomic E-state index is 11.5. The van der Waals surface area contributed by atoms with E-state index in [4.69, 9.17) is 4.74 Å². The third-order valence-electron chi connectivity index (χ3n) is 3.51. The summed E-state index contributed by atoms with van der Waals surface area (Å²) in [6.45, 7) is 3.99. The maximum atomic E-state index is 11.5. The number of hydrogen-bond acceptors (Lipinski definition) is 4. The van der Waals surface area contributed by atoms with Crippen molar-refractivity contribution >= 4 is 12.0 Å². The molecule has 19 heavy (non-hydrogen) atoms. The van der Waals surface area contributed by atoms with Crippen molar-refractivity contribution in [2.45, 2.75) is 44.7 Å². The number of nitrogens with zero attached hydrogens (tertiary/aromatic N) is 1. The molecule has 2 amide bonds. The standard InChI is InChI=1S/C13H23N3O3/c1-2-19-13(18)16-7-5-10(6-8-16)14-9-12(17)15-11-3-4-11/h10-11,14H,2-9H2,1H3,(H,15,17). The Morgan fingerprint density at radius 1 is 1.16 bits per heavy atom. The largest absolute Gasteiger partial charge is 0.450 e. The molecule has 0 spiro atoms. The van der Waals surface area contributed by atoms with Crippen LogP contribution in [-0.4, -0.2) is 55.2 Å². The second-order valence-corrected chi connectivity index (χ2v) is 5.18. The minimum atomic E-state index is -0.229. The van der Waals surface area contributed by atoms with Gasteiger partial charge in [-0.15, -0.1) is 0 Å². The van der Waals surface area contributed by atoms with E-state index in [1.807, 2.05) is 6.92 Å². The highest BCUT2D eigenvalue weighted by atomic mass is 16.6. The Balaban J connectivity index is 1.60. The summed E-state index contributed by atoms with van der Waals surface area (Å²) in [5, 5.41) is 6.21. The molecule has 2 N–H and O–H groups in total. The molecule has 1 aliphatic heterocycles. The second kappa shape index (κ2) is 6.75. The fraction of sp³-hybridized carbons (Fsp3) is 0.846. The summed E-state index contributed by atoms with van der Waals surface area (Å²) >= 11 is 0. The number of piperidine rings is 1. The van der Waals surface area contributed by atoms with E-state index in [9.17, 15) is 9.59 Å². The molecule has 1 aliphatic carbocycles. The lowest BCUT2D eigenvalue weighted by Gasteiger charge is -2.31. The van der Waals surface area contributed by atoms with Gasteiger partial charge >= 0.3 is 6.09 Å². The van der Waals surface area contributed by atoms with Gasteiger partial charge in [0.1, 0.15) is 0 Å². The van der Waals surface area contributed by atoms with E-state index in [0.29, 0.717) is 38.3 Å². The molecule has 0 bridgehead atoms. The maximum Gasteiger partial charge on any atom is 0.409 e. The van der Waals surface area contributed by atoms with E-state index in [-0.39, 0.29) is 12.0 Å². The lowest BCUT2D eigenvalue weighted by molar-refractivity contribution is -0.120. The number of amides is 2. The zero-order valence-electron chi connectivity index (χ0n) is 11.5. The van der Waals surface area contributed by atoms with Gasteiger partial charge in [-0.2, -0.15) is 0 Å². The number of hydrogen-bond donors (Lipinski definition) is 2. The highest BCUT2D eigenvalue weighted by molar-refractivity contribution is 5.78. The van der Waals surface area contributed by atoms with Crippen molar-refractivity contribution in [2.75, 3.05) is 26.2 Å². The van der Waals surface area contributed by atoms with E-state index in [1.165, 1.54) is 0 Å². The van der Waals surface area contributed by atoms with Gasteiger partial charge in [-0.3, -0.25) is 4.79 Å². The number of carbonyl (C=O) groups excluding carboxylic acids is 2. The van der Waals surface area contributed by atoms with Crippen LogP contribution in [0.1, 0.15) is 32.6 Å². The van der Waals surface area contributed by atoms with Gasteiger partial charge in [0.25, 0.3) is 0 Å². The summed E-state index contributed by atoms with van der Waals surface area (Å²) < 4.78 is 4.97. The number of rotatable bonds is 5. The van der Waals surface area contributed by atoms with E-state index < -0.39 is 0 Å². The molecule has 2 rings (SSSR count). The van der Waals surface area contributed by atoms with Crippen LogP contribution in [-0.2, 0) is 9.53 Å². The van der Waals surface area contributed by atoms with E-state index in [0.717, 1.165) is 25.7 Å². The molecule has 1 saturated carbocycles. The predicted molar refractivity (Wildman–Crippen MR) is 70.8 cm³/mol. The van der Waals surface area contributed by atoms with Gasteiger partial charge in [0.05, 0.1) is 13.2 Å². The molecule has 2 fully saturated rings. The molecule has 0 radical (unpaired) electrons. The van der Waals surface area contributed by atoms with E-state index in [1.54, 1.807) is 4.90 Å². The molecule has 0 unspecified atom stereocenters. The first-order valence-corrected chi connectivity index (χ1v) is 7.13. The fourth-order valence-corrected chi connectivity index (χ4v) is 2.22. The van der Waals surface area contributed by atoms with Crippen molar-refractivity contribution in [2.24, 2.45) is 0 Å². The summed E-state index contributed by atoms with van der Waals surface area (Å²) in [5.41, 5.74) is 0. The van der Waals surface area contributed by atoms with Crippen LogP contribution in [0.5, 0.6) is 0 Å². The number of nitrogens with one attached hydrogen (secondary N) is 2. The number of ether oxygens (including phenoxy) is 1. The average Bonchev–Trinajstić information content (AvgIpc) is 3.21. The molecule has 1 saturated heterocycles. The quantitative estimate of drug-likeness (QED) is 0.761. The van der Waals surface area contributed by atoms with Crippen LogP contribution in [0.15, 0.2) is 0 Å². The summed E-state index contributed by atoms with van der Waals surface area (Å²) in [6, 6.07) is 0.732. The Morgan fingerprint density at radius 2 is 1.84 bits per heavy atom. The normalized spacial score (nSPS) is 20.2. The highest BCUT2D eigenvalue weighted by Gasteiger charge is 2.25. The zero-order chi connectivity index (χ0) is 13.7. The molecule has 1 heterocycles. The van der Waals surface area contributed by atoms with Crippen LogP contribution in [0.2, 0.25) is 0 Å². The molecular formula is C13H23N3O3. The Bertz CT molecular complexity index is 323. The second-order valence-electron chi connectivity index (χ2n) is 5.18. The van der Waals surface area contributed by atoms with E-state index >= 15 is 0 Å². The number of likely N-dealkylation sites (tertiary alicyclic amines) is 1. The molecule has 6 heteroatoms. The molecule has 0 aromatic carbocycles. The van der Waals surface area contributed by atoms with Crippen molar-refractivity contribution in [3.05, 3.63) is 0 Å². The zero-order valence-corrected chi connectivity index (χ0v) is 11.5. The first-order chi connectivity index (χ1) is 9.19. The first-order valence-electron chi connectivity index (χ1n) is 7.13. The minimum Gasteiger partial charge on any atom is -0.450 e. The summed E-state index contributed by atoms with van der Waals surface area (Å²) in [5.74, 6) is 0.0790. The lowest BCUT2D eigenvalue weighted by atomic mass is 10.1. The van der Waals surface area contributed by atoms with Crippen molar-refractivity contribution in [1.82, 2.24) is 15.5 Å². The molecule has 0 atom stereocenters. The molecule has 2 aliphatic rings. The molecule has 6 nitrogen and oxygen atoms in total. The fourth-order valence-electron chi connectivity index (χ4n) is 2.22. The first kappa shape index (κ1) is 14.1. The molecule has 0 aromatic rings. The van der Waals surface area contributed by atoms with Gasteiger partial charge < -0.3 is 20.3 Å².